The fourth-order valence-corrected chi connectivity index (χ4v) is 1.60. The molecule has 0 unspecified atom stereocenters. The maximum absolute atomic E-state index is 10.9. The van der Waals surface area contributed by atoms with Crippen LogP contribution in [0, 0.1) is 0 Å². The zero-order valence-electron chi connectivity index (χ0n) is 9.86. The number of methoxy groups -OCH3 is 1. The van der Waals surface area contributed by atoms with Crippen molar-refractivity contribution in [1.82, 2.24) is 0 Å². The molecule has 4 heteroatoms. The van der Waals surface area contributed by atoms with Crippen molar-refractivity contribution in [1.29, 1.82) is 0 Å². The minimum absolute atomic E-state index is 0.00106. The Hall–Kier alpha value is -1.97. The van der Waals surface area contributed by atoms with Gasteiger partial charge in [-0.05, 0) is 30.7 Å². The fraction of sp³-hybridized carbons (Fsp3) is 0.308. The van der Waals surface area contributed by atoms with E-state index in [0.717, 1.165) is 5.56 Å². The monoisotopic (exact) mass is 234 g/mol. The van der Waals surface area contributed by atoms with Gasteiger partial charge in [-0.15, -0.1) is 0 Å². The number of fused-ring (bicyclic) bond motifs is 1. The zero-order chi connectivity index (χ0) is 12.3. The summed E-state index contributed by atoms with van der Waals surface area (Å²) in [5.74, 6) is 1.89. The van der Waals surface area contributed by atoms with Crippen LogP contribution < -0.4 is 14.2 Å². The molecule has 1 heterocycles. The Morgan fingerprint density at radius 1 is 1.35 bits per heavy atom. The van der Waals surface area contributed by atoms with Crippen LogP contribution in [0.15, 0.2) is 18.2 Å². The summed E-state index contributed by atoms with van der Waals surface area (Å²) in [6, 6.07) is 3.64. The highest BCUT2D eigenvalue weighted by Crippen LogP contribution is 2.40. The topological polar surface area (TPSA) is 44.8 Å². The van der Waals surface area contributed by atoms with Gasteiger partial charge < -0.3 is 14.2 Å². The molecule has 1 aliphatic rings. The smallest absolute Gasteiger partial charge is 0.203 e. The number of allylic oxidation sites excluding steroid dienone is 1. The number of benzene rings is 1. The van der Waals surface area contributed by atoms with Crippen molar-refractivity contribution in [3.05, 3.63) is 23.8 Å². The van der Waals surface area contributed by atoms with Gasteiger partial charge in [0.1, 0.15) is 13.2 Å². The van der Waals surface area contributed by atoms with Crippen LogP contribution in [0.5, 0.6) is 17.2 Å². The van der Waals surface area contributed by atoms with Gasteiger partial charge in [-0.2, -0.15) is 0 Å². The second-order valence-corrected chi connectivity index (χ2v) is 3.69. The van der Waals surface area contributed by atoms with Gasteiger partial charge in [-0.25, -0.2) is 0 Å². The maximum atomic E-state index is 10.9. The molecule has 90 valence electrons. The first-order valence-corrected chi connectivity index (χ1v) is 5.37. The second-order valence-electron chi connectivity index (χ2n) is 3.69. The van der Waals surface area contributed by atoms with Crippen molar-refractivity contribution in [3.63, 3.8) is 0 Å². The number of carbonyl (C=O) groups excluding carboxylic acids is 1. The number of ketones is 1. The van der Waals surface area contributed by atoms with E-state index in [9.17, 15) is 4.79 Å². The standard InChI is InChI=1S/C13H14O4/c1-9(14)3-4-10-7-11(15-2)13-12(8-10)16-5-6-17-13/h3-4,7-8H,5-6H2,1-2H3. The Labute approximate surface area is 99.8 Å². The molecule has 1 aliphatic heterocycles. The quantitative estimate of drug-likeness (QED) is 0.751. The average molecular weight is 234 g/mol. The van der Waals surface area contributed by atoms with E-state index in [0.29, 0.717) is 30.5 Å². The Kier molecular flexibility index (Phi) is 3.32. The second kappa shape index (κ2) is 4.91. The first-order chi connectivity index (χ1) is 8.20. The van der Waals surface area contributed by atoms with Crippen molar-refractivity contribution in [2.24, 2.45) is 0 Å². The van der Waals surface area contributed by atoms with Gasteiger partial charge in [0.05, 0.1) is 7.11 Å². The highest BCUT2D eigenvalue weighted by atomic mass is 16.6. The number of ether oxygens (including phenoxy) is 3. The zero-order valence-corrected chi connectivity index (χ0v) is 9.86. The molecule has 0 fully saturated rings. The van der Waals surface area contributed by atoms with E-state index >= 15 is 0 Å². The summed E-state index contributed by atoms with van der Waals surface area (Å²) >= 11 is 0. The summed E-state index contributed by atoms with van der Waals surface area (Å²) in [7, 11) is 1.58. The van der Waals surface area contributed by atoms with Gasteiger partial charge in [-0.3, -0.25) is 4.79 Å². The predicted molar refractivity (Wildman–Crippen MR) is 63.7 cm³/mol. The van der Waals surface area contributed by atoms with Crippen LogP contribution in [0.3, 0.4) is 0 Å². The SMILES string of the molecule is COc1cc(C=CC(C)=O)cc2c1OCCO2. The van der Waals surface area contributed by atoms with E-state index in [1.54, 1.807) is 13.2 Å². The summed E-state index contributed by atoms with van der Waals surface area (Å²) in [5.41, 5.74) is 0.848. The Balaban J connectivity index is 2.39. The third-order valence-electron chi connectivity index (χ3n) is 2.36. The molecule has 0 aromatic heterocycles. The lowest BCUT2D eigenvalue weighted by Crippen LogP contribution is -2.16. The van der Waals surface area contributed by atoms with E-state index < -0.39 is 0 Å². The molecule has 4 nitrogen and oxygen atoms in total. The Morgan fingerprint density at radius 2 is 2.12 bits per heavy atom. The lowest BCUT2D eigenvalue weighted by atomic mass is 10.1. The van der Waals surface area contributed by atoms with E-state index in [1.165, 1.54) is 13.0 Å². The first-order valence-electron chi connectivity index (χ1n) is 5.37. The molecular weight excluding hydrogens is 220 g/mol. The van der Waals surface area contributed by atoms with Crippen molar-refractivity contribution in [3.8, 4) is 17.2 Å². The Bertz CT molecular complexity index is 445. The van der Waals surface area contributed by atoms with Crippen LogP contribution in [0.25, 0.3) is 6.08 Å². The Morgan fingerprint density at radius 3 is 2.82 bits per heavy atom. The lowest BCUT2D eigenvalue weighted by Gasteiger charge is -2.20. The molecule has 0 atom stereocenters. The summed E-state index contributed by atoms with van der Waals surface area (Å²) in [6.45, 7) is 2.55. The third-order valence-corrected chi connectivity index (χ3v) is 2.36. The normalized spacial score (nSPS) is 13.8. The van der Waals surface area contributed by atoms with E-state index in [1.807, 2.05) is 12.1 Å². The third kappa shape index (κ3) is 2.58. The summed E-state index contributed by atoms with van der Waals surface area (Å²) < 4.78 is 16.2. The molecule has 0 N–H and O–H groups in total. The van der Waals surface area contributed by atoms with Crippen molar-refractivity contribution in [2.75, 3.05) is 20.3 Å². The molecule has 0 saturated heterocycles. The van der Waals surface area contributed by atoms with Gasteiger partial charge >= 0.3 is 0 Å². The fourth-order valence-electron chi connectivity index (χ4n) is 1.60. The molecule has 0 bridgehead atoms. The summed E-state index contributed by atoms with van der Waals surface area (Å²) in [4.78, 5) is 10.9. The summed E-state index contributed by atoms with van der Waals surface area (Å²) in [6.07, 6.45) is 3.23. The molecule has 0 aliphatic carbocycles. The van der Waals surface area contributed by atoms with Crippen LogP contribution in [0.4, 0.5) is 0 Å². The molecule has 2 rings (SSSR count). The molecule has 0 amide bonds. The van der Waals surface area contributed by atoms with Crippen LogP contribution >= 0.6 is 0 Å². The van der Waals surface area contributed by atoms with Crippen LogP contribution in [0.1, 0.15) is 12.5 Å². The molecule has 17 heavy (non-hydrogen) atoms. The van der Waals surface area contributed by atoms with Gasteiger partial charge in [0.25, 0.3) is 0 Å². The van der Waals surface area contributed by atoms with Crippen LogP contribution in [-0.4, -0.2) is 26.1 Å². The average Bonchev–Trinajstić information content (AvgIpc) is 2.35. The molecule has 0 radical (unpaired) electrons. The highest BCUT2D eigenvalue weighted by molar-refractivity contribution is 5.91. The lowest BCUT2D eigenvalue weighted by molar-refractivity contribution is -0.112. The number of carbonyl (C=O) groups is 1. The molecular formula is C13H14O4. The highest BCUT2D eigenvalue weighted by Gasteiger charge is 2.17. The van der Waals surface area contributed by atoms with Gasteiger partial charge in [0.15, 0.2) is 17.3 Å². The summed E-state index contributed by atoms with van der Waals surface area (Å²) in [5, 5.41) is 0. The van der Waals surface area contributed by atoms with Crippen molar-refractivity contribution >= 4 is 11.9 Å². The largest absolute Gasteiger partial charge is 0.493 e. The van der Waals surface area contributed by atoms with E-state index in [-0.39, 0.29) is 5.78 Å². The van der Waals surface area contributed by atoms with Crippen molar-refractivity contribution < 1.29 is 19.0 Å². The van der Waals surface area contributed by atoms with Crippen LogP contribution in [-0.2, 0) is 4.79 Å². The van der Waals surface area contributed by atoms with Gasteiger partial charge in [-0.1, -0.05) is 6.08 Å². The minimum Gasteiger partial charge on any atom is -0.493 e. The minimum atomic E-state index is -0.00106. The molecule has 1 aromatic carbocycles. The molecule has 0 saturated carbocycles. The van der Waals surface area contributed by atoms with Crippen LogP contribution in [0.2, 0.25) is 0 Å². The van der Waals surface area contributed by atoms with E-state index in [4.69, 9.17) is 14.2 Å². The predicted octanol–water partition coefficient (Wildman–Crippen LogP) is 2.07. The van der Waals surface area contributed by atoms with Gasteiger partial charge in [0.2, 0.25) is 5.75 Å². The molecule has 0 spiro atoms. The first kappa shape index (κ1) is 11.5. The maximum Gasteiger partial charge on any atom is 0.203 e. The number of hydrogen-bond acceptors (Lipinski definition) is 4. The molecule has 1 aromatic rings. The number of hydrogen-bond donors (Lipinski definition) is 0. The van der Waals surface area contributed by atoms with E-state index in [2.05, 4.69) is 0 Å². The number of rotatable bonds is 3. The van der Waals surface area contributed by atoms with Crippen molar-refractivity contribution in [2.45, 2.75) is 6.92 Å². The van der Waals surface area contributed by atoms with Gasteiger partial charge in [0, 0.05) is 0 Å².